The number of alkyl halides is 5. The summed E-state index contributed by atoms with van der Waals surface area (Å²) in [4.78, 5) is 0.488. The van der Waals surface area contributed by atoms with Crippen molar-refractivity contribution in [1.29, 1.82) is 0 Å². The molecule has 3 atom stereocenters. The lowest BCUT2D eigenvalue weighted by Crippen LogP contribution is -2.27. The molecule has 0 radical (unpaired) electrons. The third kappa shape index (κ3) is 6.10. The average Bonchev–Trinajstić information content (AvgIpc) is 2.13. The number of hydrogen-bond acceptors (Lipinski definition) is 0. The summed E-state index contributed by atoms with van der Waals surface area (Å²) >= 11 is 28.5. The van der Waals surface area contributed by atoms with E-state index in [1.54, 1.807) is 17.1 Å². The molecule has 0 saturated heterocycles. The van der Waals surface area contributed by atoms with Crippen LogP contribution in [-0.4, -0.2) is 18.9 Å². The molecule has 0 aliphatic rings. The maximum absolute atomic E-state index is 6.23. The second-order valence-electron chi connectivity index (χ2n) is 3.66. The smallest absolute Gasteiger partial charge is 0.0921 e. The molecule has 16 heavy (non-hydrogen) atoms. The average molecular weight is 478 g/mol. The summed E-state index contributed by atoms with van der Waals surface area (Å²) in [6, 6.07) is 0. The van der Waals surface area contributed by atoms with Crippen LogP contribution in [0.15, 0.2) is 23.2 Å². The van der Waals surface area contributed by atoms with Gasteiger partial charge in [0.05, 0.1) is 18.9 Å². The molecular formula is C10H12Br3Cl3. The van der Waals surface area contributed by atoms with Gasteiger partial charge in [0.25, 0.3) is 0 Å². The minimum absolute atomic E-state index is 0.0393. The Bertz CT molecular complexity index is 272. The van der Waals surface area contributed by atoms with E-state index in [0.29, 0.717) is 0 Å². The van der Waals surface area contributed by atoms with Gasteiger partial charge in [-0.05, 0) is 18.8 Å². The van der Waals surface area contributed by atoms with Gasteiger partial charge in [-0.1, -0.05) is 66.0 Å². The fourth-order valence-corrected chi connectivity index (χ4v) is 2.11. The van der Waals surface area contributed by atoms with Crippen LogP contribution < -0.4 is 0 Å². The van der Waals surface area contributed by atoms with Crippen molar-refractivity contribution in [2.24, 2.45) is 0 Å². The second kappa shape index (κ2) is 7.40. The Morgan fingerprint density at radius 2 is 1.56 bits per heavy atom. The van der Waals surface area contributed by atoms with Gasteiger partial charge in [0.1, 0.15) is 0 Å². The van der Waals surface area contributed by atoms with Crippen LogP contribution in [0.3, 0.4) is 0 Å². The molecule has 0 heterocycles. The quantitative estimate of drug-likeness (QED) is 0.328. The van der Waals surface area contributed by atoms with Gasteiger partial charge in [-0.25, -0.2) is 0 Å². The van der Waals surface area contributed by atoms with Crippen LogP contribution in [0, 0.1) is 0 Å². The Balaban J connectivity index is 4.68. The van der Waals surface area contributed by atoms with Gasteiger partial charge in [0.15, 0.2) is 0 Å². The number of hydrogen-bond donors (Lipinski definition) is 0. The highest BCUT2D eigenvalue weighted by Crippen LogP contribution is 2.33. The monoisotopic (exact) mass is 474 g/mol. The maximum atomic E-state index is 6.23. The molecule has 0 aromatic rings. The van der Waals surface area contributed by atoms with Gasteiger partial charge in [-0.2, -0.15) is 0 Å². The highest BCUT2D eigenvalue weighted by atomic mass is 79.9. The van der Waals surface area contributed by atoms with E-state index in [2.05, 4.69) is 47.8 Å². The highest BCUT2D eigenvalue weighted by Gasteiger charge is 2.29. The highest BCUT2D eigenvalue weighted by molar-refractivity contribution is 9.24. The molecule has 94 valence electrons. The van der Waals surface area contributed by atoms with Crippen LogP contribution in [0.25, 0.3) is 0 Å². The van der Waals surface area contributed by atoms with Crippen molar-refractivity contribution < 1.29 is 0 Å². The van der Waals surface area contributed by atoms with Crippen LogP contribution in [0.2, 0.25) is 0 Å². The molecule has 6 heteroatoms. The standard InChI is InChI=1S/C10H12Br3Cl3/c1-9(15,5-6-11)7(14)3-4-10(2,16)8(12)13/h3-8H,1-2H3/b4-3+,6-5+. The lowest BCUT2D eigenvalue weighted by molar-refractivity contribution is 0.787. The van der Waals surface area contributed by atoms with E-state index in [1.807, 2.05) is 19.9 Å². The van der Waals surface area contributed by atoms with E-state index >= 15 is 0 Å². The predicted octanol–water partition coefficient (Wildman–Crippen LogP) is 6.17. The van der Waals surface area contributed by atoms with Crippen LogP contribution in [0.1, 0.15) is 13.8 Å². The molecule has 0 nitrogen and oxygen atoms in total. The fourth-order valence-electron chi connectivity index (χ4n) is 0.749. The summed E-state index contributed by atoms with van der Waals surface area (Å²) in [6.45, 7) is 3.70. The van der Waals surface area contributed by atoms with Crippen molar-refractivity contribution in [3.63, 3.8) is 0 Å². The van der Waals surface area contributed by atoms with Crippen LogP contribution >= 0.6 is 82.6 Å². The lowest BCUT2D eigenvalue weighted by Gasteiger charge is -2.24. The Morgan fingerprint density at radius 3 is 1.94 bits per heavy atom. The van der Waals surface area contributed by atoms with Crippen molar-refractivity contribution >= 4 is 82.6 Å². The lowest BCUT2D eigenvalue weighted by atomic mass is 10.0. The molecular weight excluding hydrogens is 466 g/mol. The van der Waals surface area contributed by atoms with Crippen LogP contribution in [0.5, 0.6) is 0 Å². The number of rotatable bonds is 5. The summed E-state index contributed by atoms with van der Waals surface area (Å²) in [5, 5.41) is -0.347. The third-order valence-electron chi connectivity index (χ3n) is 1.95. The molecule has 0 aliphatic heterocycles. The van der Waals surface area contributed by atoms with Crippen LogP contribution in [0.4, 0.5) is 0 Å². The zero-order valence-electron chi connectivity index (χ0n) is 8.73. The summed E-state index contributed by atoms with van der Waals surface area (Å²) in [6.07, 6.45) is 5.40. The third-order valence-corrected chi connectivity index (χ3v) is 6.06. The van der Waals surface area contributed by atoms with Crippen molar-refractivity contribution in [2.45, 2.75) is 32.7 Å². The summed E-state index contributed by atoms with van der Waals surface area (Å²) in [5.74, 6) is 0. The van der Waals surface area contributed by atoms with E-state index in [4.69, 9.17) is 34.8 Å². The predicted molar refractivity (Wildman–Crippen MR) is 87.0 cm³/mol. The SMILES string of the molecule is CC(Cl)(/C=C/C(Cl)C(C)(Cl)/C=C/Br)C(Br)Br. The Labute approximate surface area is 137 Å². The van der Waals surface area contributed by atoms with E-state index in [0.717, 1.165) is 0 Å². The number of halogens is 6. The van der Waals surface area contributed by atoms with Gasteiger partial charge in [-0.3, -0.25) is 0 Å². The number of allylic oxidation sites excluding steroid dienone is 3. The van der Waals surface area contributed by atoms with Crippen molar-refractivity contribution in [1.82, 2.24) is 0 Å². The molecule has 0 N–H and O–H groups in total. The molecule has 0 amide bonds. The second-order valence-corrected chi connectivity index (χ2v) is 9.34. The van der Waals surface area contributed by atoms with Gasteiger partial charge < -0.3 is 0 Å². The zero-order valence-corrected chi connectivity index (χ0v) is 15.8. The first-order valence-electron chi connectivity index (χ1n) is 4.41. The van der Waals surface area contributed by atoms with Gasteiger partial charge >= 0.3 is 0 Å². The molecule has 0 bridgehead atoms. The van der Waals surface area contributed by atoms with Crippen molar-refractivity contribution in [3.05, 3.63) is 23.2 Å². The van der Waals surface area contributed by atoms with E-state index in [1.165, 1.54) is 0 Å². The van der Waals surface area contributed by atoms with Crippen LogP contribution in [-0.2, 0) is 0 Å². The molecule has 0 aliphatic carbocycles. The summed E-state index contributed by atoms with van der Waals surface area (Å²) in [7, 11) is 0. The zero-order chi connectivity index (χ0) is 13.0. The minimum atomic E-state index is -0.650. The molecule has 0 fully saturated rings. The first kappa shape index (κ1) is 17.8. The van der Waals surface area contributed by atoms with E-state index < -0.39 is 9.75 Å². The largest absolute Gasteiger partial charge is 0.116 e. The van der Waals surface area contributed by atoms with Gasteiger partial charge in [0.2, 0.25) is 0 Å². The Kier molecular flexibility index (Phi) is 8.22. The molecule has 0 saturated carbocycles. The minimum Gasteiger partial charge on any atom is -0.116 e. The molecule has 0 aromatic carbocycles. The van der Waals surface area contributed by atoms with Crippen molar-refractivity contribution in [2.75, 3.05) is 0 Å². The fraction of sp³-hybridized carbons (Fsp3) is 0.600. The first-order chi connectivity index (χ1) is 7.13. The molecule has 0 rings (SSSR count). The first-order valence-corrected chi connectivity index (χ1v) is 8.34. The molecule has 0 spiro atoms. The Hall–Kier alpha value is 1.79. The van der Waals surface area contributed by atoms with E-state index in [9.17, 15) is 0 Å². The maximum Gasteiger partial charge on any atom is 0.0921 e. The molecule has 3 unspecified atom stereocenters. The summed E-state index contributed by atoms with van der Waals surface area (Å²) in [5.41, 5.74) is 0. The van der Waals surface area contributed by atoms with Gasteiger partial charge in [0, 0.05) is 0 Å². The molecule has 0 aromatic heterocycles. The van der Waals surface area contributed by atoms with Crippen molar-refractivity contribution in [3.8, 4) is 0 Å². The van der Waals surface area contributed by atoms with E-state index in [-0.39, 0.29) is 9.11 Å². The Morgan fingerprint density at radius 1 is 1.06 bits per heavy atom. The topological polar surface area (TPSA) is 0 Å². The van der Waals surface area contributed by atoms with Gasteiger partial charge in [-0.15, -0.1) is 34.8 Å². The summed E-state index contributed by atoms with van der Waals surface area (Å²) < 4.78 is -0.0393. The normalized spacial score (nSPS) is 22.6.